The third-order valence-electron chi connectivity index (χ3n) is 4.76. The lowest BCUT2D eigenvalue weighted by atomic mass is 10.2. The van der Waals surface area contributed by atoms with E-state index in [1.54, 1.807) is 7.11 Å². The SMILES string of the molecule is CCN(CC)c1ccc(-c2nnc(SCc3nc(-c4cccc(OC)c4)no3)o2)cc1. The number of hydrogen-bond donors (Lipinski definition) is 0. The number of nitrogens with zero attached hydrogens (tertiary/aromatic N) is 5. The van der Waals surface area contributed by atoms with E-state index in [1.165, 1.54) is 17.4 Å². The van der Waals surface area contributed by atoms with Crippen molar-refractivity contribution in [3.8, 4) is 28.6 Å². The Kier molecular flexibility index (Phi) is 6.51. The summed E-state index contributed by atoms with van der Waals surface area (Å²) < 4.78 is 16.4. The summed E-state index contributed by atoms with van der Waals surface area (Å²) in [6.45, 7) is 6.21. The number of aromatic nitrogens is 4. The molecule has 8 nitrogen and oxygen atoms in total. The summed E-state index contributed by atoms with van der Waals surface area (Å²) in [4.78, 5) is 6.71. The highest BCUT2D eigenvalue weighted by molar-refractivity contribution is 7.98. The molecule has 0 N–H and O–H groups in total. The summed E-state index contributed by atoms with van der Waals surface area (Å²) in [6, 6.07) is 15.6. The van der Waals surface area contributed by atoms with E-state index in [-0.39, 0.29) is 0 Å². The van der Waals surface area contributed by atoms with E-state index in [0.29, 0.717) is 28.6 Å². The highest BCUT2D eigenvalue weighted by Crippen LogP contribution is 2.28. The normalized spacial score (nSPS) is 10.9. The molecule has 4 rings (SSSR count). The van der Waals surface area contributed by atoms with Gasteiger partial charge in [-0.25, -0.2) is 0 Å². The lowest BCUT2D eigenvalue weighted by molar-refractivity contribution is 0.390. The van der Waals surface area contributed by atoms with Gasteiger partial charge >= 0.3 is 0 Å². The van der Waals surface area contributed by atoms with Gasteiger partial charge in [-0.05, 0) is 50.2 Å². The number of ether oxygens (including phenoxy) is 1. The summed E-state index contributed by atoms with van der Waals surface area (Å²) >= 11 is 1.35. The zero-order valence-corrected chi connectivity index (χ0v) is 18.4. The Morgan fingerprint density at radius 3 is 2.55 bits per heavy atom. The molecule has 0 amide bonds. The highest BCUT2D eigenvalue weighted by atomic mass is 32.2. The molecule has 2 aromatic carbocycles. The predicted octanol–water partition coefficient (Wildman–Crippen LogP) is 4.93. The van der Waals surface area contributed by atoms with Crippen molar-refractivity contribution >= 4 is 17.4 Å². The van der Waals surface area contributed by atoms with Gasteiger partial charge in [0.05, 0.1) is 12.9 Å². The number of benzene rings is 2. The zero-order chi connectivity index (χ0) is 21.6. The van der Waals surface area contributed by atoms with Crippen molar-refractivity contribution < 1.29 is 13.7 Å². The Hall–Kier alpha value is -3.33. The van der Waals surface area contributed by atoms with Crippen molar-refractivity contribution in [2.75, 3.05) is 25.1 Å². The zero-order valence-electron chi connectivity index (χ0n) is 17.6. The number of hydrogen-bond acceptors (Lipinski definition) is 9. The third-order valence-corrected chi connectivity index (χ3v) is 5.57. The molecule has 160 valence electrons. The first-order chi connectivity index (χ1) is 15.2. The maximum absolute atomic E-state index is 5.79. The Bertz CT molecular complexity index is 1120. The van der Waals surface area contributed by atoms with Gasteiger partial charge in [0.1, 0.15) is 5.75 Å². The van der Waals surface area contributed by atoms with Gasteiger partial charge in [0.2, 0.25) is 17.6 Å². The molecule has 2 heterocycles. The molecular weight excluding hydrogens is 414 g/mol. The second-order valence-corrected chi connectivity index (χ2v) is 7.55. The molecule has 2 aromatic heterocycles. The Morgan fingerprint density at radius 2 is 1.81 bits per heavy atom. The topological polar surface area (TPSA) is 90.3 Å². The largest absolute Gasteiger partial charge is 0.497 e. The molecule has 9 heteroatoms. The molecule has 4 aromatic rings. The monoisotopic (exact) mass is 437 g/mol. The van der Waals surface area contributed by atoms with E-state index in [0.717, 1.165) is 30.0 Å². The van der Waals surface area contributed by atoms with Crippen molar-refractivity contribution in [1.82, 2.24) is 20.3 Å². The van der Waals surface area contributed by atoms with Crippen molar-refractivity contribution in [2.24, 2.45) is 0 Å². The quantitative estimate of drug-likeness (QED) is 0.338. The molecule has 0 bridgehead atoms. The summed E-state index contributed by atoms with van der Waals surface area (Å²) in [5.74, 6) is 2.64. The van der Waals surface area contributed by atoms with Crippen molar-refractivity contribution in [3.63, 3.8) is 0 Å². The van der Waals surface area contributed by atoms with Gasteiger partial charge in [0.15, 0.2) is 0 Å². The van der Waals surface area contributed by atoms with Gasteiger partial charge < -0.3 is 18.6 Å². The van der Waals surface area contributed by atoms with Crippen LogP contribution in [0.25, 0.3) is 22.8 Å². The second-order valence-electron chi connectivity index (χ2n) is 6.62. The fourth-order valence-corrected chi connectivity index (χ4v) is 3.71. The standard InChI is InChI=1S/C22H23N5O3S/c1-4-27(5-2)17-11-9-15(10-12-17)21-24-25-22(29-21)31-14-19-23-20(26-30-19)16-7-6-8-18(13-16)28-3/h6-13H,4-5,14H2,1-3H3. The second kappa shape index (κ2) is 9.65. The van der Waals surface area contributed by atoms with Crippen LogP contribution in [0.15, 0.2) is 62.7 Å². The van der Waals surface area contributed by atoms with Gasteiger partial charge in [0.25, 0.3) is 5.22 Å². The summed E-state index contributed by atoms with van der Waals surface area (Å²) in [5.41, 5.74) is 2.88. The summed E-state index contributed by atoms with van der Waals surface area (Å²) in [7, 11) is 1.62. The van der Waals surface area contributed by atoms with Gasteiger partial charge in [-0.3, -0.25) is 0 Å². The molecule has 0 radical (unpaired) electrons. The van der Waals surface area contributed by atoms with E-state index < -0.39 is 0 Å². The van der Waals surface area contributed by atoms with Crippen LogP contribution >= 0.6 is 11.8 Å². The molecule has 0 aliphatic rings. The minimum atomic E-state index is 0.430. The number of rotatable bonds is 9. The first-order valence-electron chi connectivity index (χ1n) is 9.98. The lowest BCUT2D eigenvalue weighted by Crippen LogP contribution is -2.21. The Morgan fingerprint density at radius 1 is 1.00 bits per heavy atom. The van der Waals surface area contributed by atoms with E-state index in [1.807, 2.05) is 36.4 Å². The fourth-order valence-electron chi connectivity index (χ4n) is 3.10. The number of anilines is 1. The first kappa shape index (κ1) is 20.9. The van der Waals surface area contributed by atoms with Crippen molar-refractivity contribution in [2.45, 2.75) is 24.8 Å². The predicted molar refractivity (Wildman–Crippen MR) is 119 cm³/mol. The van der Waals surface area contributed by atoms with Gasteiger partial charge in [-0.15, -0.1) is 10.2 Å². The Labute approximate surface area is 184 Å². The lowest BCUT2D eigenvalue weighted by Gasteiger charge is -2.20. The molecule has 0 atom stereocenters. The molecule has 0 unspecified atom stereocenters. The fraction of sp³-hybridized carbons (Fsp3) is 0.273. The molecular formula is C22H23N5O3S. The van der Waals surface area contributed by atoms with E-state index in [4.69, 9.17) is 13.7 Å². The molecule has 0 saturated carbocycles. The molecule has 0 spiro atoms. The van der Waals surface area contributed by atoms with Crippen molar-refractivity contribution in [3.05, 3.63) is 54.4 Å². The highest BCUT2D eigenvalue weighted by Gasteiger charge is 2.14. The van der Waals surface area contributed by atoms with Crippen LogP contribution in [0.2, 0.25) is 0 Å². The van der Waals surface area contributed by atoms with Crippen molar-refractivity contribution in [1.29, 1.82) is 0 Å². The van der Waals surface area contributed by atoms with E-state index >= 15 is 0 Å². The van der Waals surface area contributed by atoms with Crippen LogP contribution < -0.4 is 9.64 Å². The van der Waals surface area contributed by atoms with Crippen LogP contribution in [-0.4, -0.2) is 40.5 Å². The van der Waals surface area contributed by atoms with Gasteiger partial charge in [0, 0.05) is 29.9 Å². The van der Waals surface area contributed by atoms with Crippen LogP contribution in [0.1, 0.15) is 19.7 Å². The maximum atomic E-state index is 5.79. The van der Waals surface area contributed by atoms with Gasteiger partial charge in [-0.2, -0.15) is 4.98 Å². The smallest absolute Gasteiger partial charge is 0.277 e. The van der Waals surface area contributed by atoms with Crippen LogP contribution in [-0.2, 0) is 5.75 Å². The maximum Gasteiger partial charge on any atom is 0.277 e. The minimum absolute atomic E-state index is 0.430. The van der Waals surface area contributed by atoms with Crippen LogP contribution in [0.5, 0.6) is 5.75 Å². The summed E-state index contributed by atoms with van der Waals surface area (Å²) in [6.07, 6.45) is 0. The van der Waals surface area contributed by atoms with Crippen LogP contribution in [0.3, 0.4) is 0 Å². The van der Waals surface area contributed by atoms with Gasteiger partial charge in [-0.1, -0.05) is 29.1 Å². The minimum Gasteiger partial charge on any atom is -0.497 e. The average Bonchev–Trinajstić information content (AvgIpc) is 3.49. The third kappa shape index (κ3) is 4.88. The summed E-state index contributed by atoms with van der Waals surface area (Å²) in [5, 5.41) is 12.8. The molecule has 0 aliphatic heterocycles. The molecule has 0 fully saturated rings. The first-order valence-corrected chi connectivity index (χ1v) is 11.0. The molecule has 31 heavy (non-hydrogen) atoms. The van der Waals surface area contributed by atoms with Crippen LogP contribution in [0.4, 0.5) is 5.69 Å². The molecule has 0 aliphatic carbocycles. The average molecular weight is 438 g/mol. The molecule has 0 saturated heterocycles. The van der Waals surface area contributed by atoms with Crippen LogP contribution in [0, 0.1) is 0 Å². The Balaban J connectivity index is 1.39. The van der Waals surface area contributed by atoms with E-state index in [9.17, 15) is 0 Å². The number of methoxy groups -OCH3 is 1. The number of thioether (sulfide) groups is 1. The van der Waals surface area contributed by atoms with E-state index in [2.05, 4.69) is 51.2 Å².